The van der Waals surface area contributed by atoms with Gasteiger partial charge in [0, 0.05) is 0 Å². The Morgan fingerprint density at radius 1 is 0.236 bits per heavy atom. The number of nitrogens with zero attached hydrogens (tertiary/aromatic N) is 8. The van der Waals surface area contributed by atoms with E-state index in [4.69, 9.17) is 20.0 Å². The molecule has 2 heterocycles. The van der Waals surface area contributed by atoms with Gasteiger partial charge in [0.15, 0.2) is 0 Å². The molecular weight excluding hydrogens is 1640 g/mol. The predicted molar refractivity (Wildman–Crippen MR) is 470 cm³/mol. The monoisotopic (exact) mass is 1740 g/mol. The predicted octanol–water partition coefficient (Wildman–Crippen LogP) is 26.0. The van der Waals surface area contributed by atoms with Crippen LogP contribution in [0.4, 0.5) is 22.7 Å². The van der Waals surface area contributed by atoms with Gasteiger partial charge < -0.3 is 0 Å². The molecule has 0 amide bonds. The van der Waals surface area contributed by atoms with E-state index in [2.05, 4.69) is 450 Å². The van der Waals surface area contributed by atoms with E-state index in [1.807, 2.05) is 0 Å². The van der Waals surface area contributed by atoms with Gasteiger partial charge in [-0.3, -0.25) is 0 Å². The molecule has 0 spiro atoms. The normalized spacial score (nSPS) is 16.5. The molecule has 8 nitrogen and oxygen atoms in total. The fraction of sp³-hybridized carbons (Fsp3) is 0.277. The number of benzene rings is 10. The zero-order valence-electron chi connectivity index (χ0n) is 64.5. The van der Waals surface area contributed by atoms with Crippen molar-refractivity contribution in [3.63, 3.8) is 0 Å². The number of halogens is 2. The van der Waals surface area contributed by atoms with Crippen molar-refractivity contribution in [1.29, 1.82) is 0 Å². The molecule has 106 heavy (non-hydrogen) atoms. The molecule has 10 aromatic rings. The molecule has 0 saturated carbocycles. The number of aliphatic imine (C=N–C) groups is 4. The summed E-state index contributed by atoms with van der Waals surface area (Å²) < 4.78 is -1.17. The van der Waals surface area contributed by atoms with Crippen molar-refractivity contribution < 1.29 is 0 Å². The fourth-order valence-electron chi connectivity index (χ4n) is 14.4. The first-order valence-corrected chi connectivity index (χ1v) is 52.5. The Hall–Kier alpha value is -7.89. The standard InChI is InChI=1S/2C47H51GeIN4/c2*1-32(2)39-26-18-27-40(33(3)4)43(39)50-45(36-20-12-9-13-21-36)52-30-31-53(47(52,48-49)38-24-16-11-17-25-38)46(37-22-14-10-15-23-37)51-44-41(34(5)6)28-19-29-42(44)35(7)8/h2*9-35H,1-8H3. The molecule has 2 aliphatic rings. The van der Waals surface area contributed by atoms with Gasteiger partial charge in [0.05, 0.1) is 0 Å². The van der Waals surface area contributed by atoms with Crippen molar-refractivity contribution in [3.8, 4) is 0 Å². The molecule has 0 unspecified atom stereocenters. The van der Waals surface area contributed by atoms with E-state index >= 15 is 0 Å². The van der Waals surface area contributed by atoms with Crippen LogP contribution < -0.4 is 0 Å². The van der Waals surface area contributed by atoms with Crippen LogP contribution in [0.3, 0.4) is 0 Å². The second-order valence-electron chi connectivity index (χ2n) is 29.9. The van der Waals surface area contributed by atoms with E-state index in [0.717, 1.165) is 68.3 Å². The zero-order valence-corrected chi connectivity index (χ0v) is 73.0. The van der Waals surface area contributed by atoms with Crippen molar-refractivity contribution in [2.75, 3.05) is 0 Å². The Morgan fingerprint density at radius 2 is 0.396 bits per heavy atom. The van der Waals surface area contributed by atoms with Gasteiger partial charge in [-0.05, 0) is 0 Å². The summed E-state index contributed by atoms with van der Waals surface area (Å²) in [6, 6.07) is 91.7. The third-order valence-corrected chi connectivity index (χ3v) is 32.2. The van der Waals surface area contributed by atoms with Gasteiger partial charge in [-0.2, -0.15) is 0 Å². The van der Waals surface area contributed by atoms with Crippen LogP contribution in [0.1, 0.15) is 236 Å². The van der Waals surface area contributed by atoms with E-state index in [1.54, 1.807) is 0 Å². The Balaban J connectivity index is 0.000000212. The molecule has 0 atom stereocenters. The SMILES string of the molecule is CC(C)c1cccc(C(C)C)c1N=C(c1ccccc1)N1C=CN(C(=Nc2c(C(C)C)cccc2C(C)C)c2ccccc2)[C]1([Ge][I])c1ccccc1.CC(C)c1cccc(C(C)C)c1N=C(c1ccccc1)N1C=CN(C(=Nc2c(C(C)C)cccc2C(C)C)c2ccccc2)[C]1([Ge][I])c1ccccc1. The van der Waals surface area contributed by atoms with Gasteiger partial charge in [0.25, 0.3) is 0 Å². The average molecular weight is 1740 g/mol. The number of hydrogen-bond acceptors (Lipinski definition) is 4. The third kappa shape index (κ3) is 16.7. The summed E-state index contributed by atoms with van der Waals surface area (Å²) in [7, 11) is 0. The summed E-state index contributed by atoms with van der Waals surface area (Å²) in [5.74, 6) is 6.28. The molecule has 12 heteroatoms. The zero-order chi connectivity index (χ0) is 75.4. The Kier molecular flexibility index (Phi) is 26.8. The molecular formula is C94H102Ge2I2N8. The molecule has 0 saturated heterocycles. The average Bonchev–Trinajstić information content (AvgIpc) is 1.55. The van der Waals surface area contributed by atoms with Crippen LogP contribution in [0.25, 0.3) is 0 Å². The van der Waals surface area contributed by atoms with Crippen LogP contribution in [0.2, 0.25) is 0 Å². The van der Waals surface area contributed by atoms with Gasteiger partial charge in [0.2, 0.25) is 0 Å². The Labute approximate surface area is 668 Å². The van der Waals surface area contributed by atoms with Crippen molar-refractivity contribution in [1.82, 2.24) is 19.6 Å². The van der Waals surface area contributed by atoms with Crippen LogP contribution in [0.15, 0.2) is 300 Å². The van der Waals surface area contributed by atoms with E-state index < -0.39 is 33.2 Å². The van der Waals surface area contributed by atoms with Gasteiger partial charge in [-0.15, -0.1) is 0 Å². The summed E-state index contributed by atoms with van der Waals surface area (Å²) in [4.78, 5) is 33.0. The van der Waals surface area contributed by atoms with Crippen LogP contribution in [-0.4, -0.2) is 67.2 Å². The summed E-state index contributed by atoms with van der Waals surface area (Å²) in [6.45, 7) is 36.3. The van der Waals surface area contributed by atoms with Gasteiger partial charge in [-0.25, -0.2) is 0 Å². The number of para-hydroxylation sites is 4. The van der Waals surface area contributed by atoms with E-state index in [9.17, 15) is 0 Å². The summed E-state index contributed by atoms with van der Waals surface area (Å²) >= 11 is 3.78. The van der Waals surface area contributed by atoms with E-state index in [0.29, 0.717) is 47.3 Å². The van der Waals surface area contributed by atoms with Crippen LogP contribution in [0, 0.1) is 0 Å². The molecule has 10 aromatic carbocycles. The first-order valence-electron chi connectivity index (χ1n) is 37.6. The molecule has 0 bridgehead atoms. The fourth-order valence-corrected chi connectivity index (χ4v) is 26.5. The molecule has 540 valence electrons. The molecule has 0 N–H and O–H groups in total. The molecule has 4 radical (unpaired) electrons. The van der Waals surface area contributed by atoms with Gasteiger partial charge in [0.1, 0.15) is 0 Å². The Bertz CT molecular complexity index is 4120. The molecule has 0 aliphatic carbocycles. The molecule has 2 aliphatic heterocycles. The second-order valence-corrected chi connectivity index (χ2v) is 39.2. The topological polar surface area (TPSA) is 62.4 Å². The third-order valence-electron chi connectivity index (χ3n) is 20.0. The first-order chi connectivity index (χ1) is 51.2. The summed E-state index contributed by atoms with van der Waals surface area (Å²) in [5, 5.41) is 0. The van der Waals surface area contributed by atoms with Crippen molar-refractivity contribution >= 4 is 111 Å². The minimum absolute atomic E-state index is 0.319. The van der Waals surface area contributed by atoms with Crippen molar-refractivity contribution in [2.45, 2.75) is 167 Å². The first kappa shape index (κ1) is 79.2. The molecule has 0 aromatic heterocycles. The Morgan fingerprint density at radius 3 is 0.547 bits per heavy atom. The summed E-state index contributed by atoms with van der Waals surface area (Å²) in [6.07, 6.45) is 9.02. The van der Waals surface area contributed by atoms with Crippen molar-refractivity contribution in [3.05, 3.63) is 357 Å². The minimum atomic E-state index is -0.815. The number of amidine groups is 4. The van der Waals surface area contributed by atoms with Crippen LogP contribution in [0.5, 0.6) is 0 Å². The summed E-state index contributed by atoms with van der Waals surface area (Å²) in [5.41, 5.74) is 21.1. The quantitative estimate of drug-likeness (QED) is 0.0330. The van der Waals surface area contributed by atoms with E-state index in [-0.39, 0.29) is 0 Å². The number of hydrogen-bond donors (Lipinski definition) is 0. The van der Waals surface area contributed by atoms with Crippen molar-refractivity contribution in [2.24, 2.45) is 20.0 Å². The van der Waals surface area contributed by atoms with E-state index in [1.165, 1.54) is 55.6 Å². The maximum atomic E-state index is 5.79. The van der Waals surface area contributed by atoms with Gasteiger partial charge >= 0.3 is 675 Å². The van der Waals surface area contributed by atoms with Gasteiger partial charge in [-0.1, -0.05) is 0 Å². The maximum absolute atomic E-state index is 5.79. The number of rotatable bonds is 20. The van der Waals surface area contributed by atoms with Crippen LogP contribution >= 0.6 is 40.4 Å². The molecule has 0 fully saturated rings. The molecule has 12 rings (SSSR count). The van der Waals surface area contributed by atoms with Crippen LogP contribution in [-0.2, 0) is 8.99 Å². The second kappa shape index (κ2) is 35.9.